The maximum absolute atomic E-state index is 5.85. The molecule has 0 spiro atoms. The first-order chi connectivity index (χ1) is 9.78. The van der Waals surface area contributed by atoms with Crippen LogP contribution in [0.4, 0.5) is 0 Å². The minimum absolute atomic E-state index is 0.750. The van der Waals surface area contributed by atoms with Crippen molar-refractivity contribution < 1.29 is 4.74 Å². The van der Waals surface area contributed by atoms with Crippen molar-refractivity contribution in [3.05, 3.63) is 29.3 Å². The van der Waals surface area contributed by atoms with Gasteiger partial charge in [-0.3, -0.25) is 4.90 Å². The highest BCUT2D eigenvalue weighted by atomic mass is 35.5. The molecule has 0 unspecified atom stereocenters. The number of piperidine rings is 1. The Morgan fingerprint density at radius 2 is 1.95 bits per heavy atom. The molecule has 1 aliphatic rings. The molecule has 1 aromatic rings. The van der Waals surface area contributed by atoms with Gasteiger partial charge >= 0.3 is 0 Å². The van der Waals surface area contributed by atoms with Gasteiger partial charge in [-0.05, 0) is 69.2 Å². The minimum atomic E-state index is 0.750. The number of likely N-dealkylation sites (tertiary alicyclic amines) is 1. The van der Waals surface area contributed by atoms with E-state index in [4.69, 9.17) is 16.3 Å². The van der Waals surface area contributed by atoms with E-state index >= 15 is 0 Å². The highest BCUT2D eigenvalue weighted by Gasteiger charge is 2.18. The zero-order valence-electron chi connectivity index (χ0n) is 12.3. The Hall–Kier alpha value is -0.770. The number of benzene rings is 1. The van der Waals surface area contributed by atoms with E-state index in [1.807, 2.05) is 24.3 Å². The van der Waals surface area contributed by atoms with Crippen molar-refractivity contribution in [3.8, 4) is 5.75 Å². The average molecular weight is 297 g/mol. The van der Waals surface area contributed by atoms with Gasteiger partial charge in [0.15, 0.2) is 0 Å². The third kappa shape index (κ3) is 5.31. The van der Waals surface area contributed by atoms with E-state index in [0.29, 0.717) is 0 Å². The van der Waals surface area contributed by atoms with Gasteiger partial charge in [0.25, 0.3) is 0 Å². The van der Waals surface area contributed by atoms with Crippen LogP contribution in [0, 0.1) is 5.92 Å². The van der Waals surface area contributed by atoms with Gasteiger partial charge in [0.2, 0.25) is 0 Å². The largest absolute Gasteiger partial charge is 0.492 e. The topological polar surface area (TPSA) is 24.5 Å². The fourth-order valence-corrected chi connectivity index (χ4v) is 2.71. The van der Waals surface area contributed by atoms with Crippen molar-refractivity contribution in [1.82, 2.24) is 10.2 Å². The van der Waals surface area contributed by atoms with Gasteiger partial charge in [-0.15, -0.1) is 0 Å². The van der Waals surface area contributed by atoms with E-state index < -0.39 is 0 Å². The van der Waals surface area contributed by atoms with Crippen LogP contribution in [0.15, 0.2) is 24.3 Å². The maximum Gasteiger partial charge on any atom is 0.119 e. The van der Waals surface area contributed by atoms with Crippen molar-refractivity contribution in [1.29, 1.82) is 0 Å². The molecule has 4 heteroatoms. The fourth-order valence-electron chi connectivity index (χ4n) is 2.59. The summed E-state index contributed by atoms with van der Waals surface area (Å²) in [6, 6.07) is 7.57. The van der Waals surface area contributed by atoms with Crippen LogP contribution < -0.4 is 10.1 Å². The first-order valence-corrected chi connectivity index (χ1v) is 7.97. The summed E-state index contributed by atoms with van der Waals surface area (Å²) in [4.78, 5) is 2.50. The molecule has 0 atom stereocenters. The van der Waals surface area contributed by atoms with Gasteiger partial charge in [0, 0.05) is 11.6 Å². The number of hydrogen-bond donors (Lipinski definition) is 1. The first-order valence-electron chi connectivity index (χ1n) is 7.59. The highest BCUT2D eigenvalue weighted by molar-refractivity contribution is 6.30. The zero-order valence-corrected chi connectivity index (χ0v) is 13.0. The molecular formula is C16H25ClN2O. The van der Waals surface area contributed by atoms with Gasteiger partial charge in [0.1, 0.15) is 12.4 Å². The third-order valence-electron chi connectivity index (χ3n) is 3.88. The molecule has 1 aliphatic heterocycles. The second-order valence-electron chi connectivity index (χ2n) is 5.40. The Morgan fingerprint density at radius 3 is 2.60 bits per heavy atom. The molecular weight excluding hydrogens is 272 g/mol. The molecule has 0 saturated carbocycles. The molecule has 1 heterocycles. The molecule has 1 fully saturated rings. The van der Waals surface area contributed by atoms with E-state index in [0.717, 1.165) is 36.4 Å². The van der Waals surface area contributed by atoms with Crippen LogP contribution in [0.25, 0.3) is 0 Å². The number of nitrogens with zero attached hydrogens (tertiary/aromatic N) is 1. The molecule has 20 heavy (non-hydrogen) atoms. The molecule has 3 nitrogen and oxygen atoms in total. The molecule has 2 rings (SSSR count). The molecule has 0 aliphatic carbocycles. The van der Waals surface area contributed by atoms with Crippen LogP contribution in [0.2, 0.25) is 5.02 Å². The summed E-state index contributed by atoms with van der Waals surface area (Å²) in [7, 11) is 0. The summed E-state index contributed by atoms with van der Waals surface area (Å²) in [5, 5.41) is 4.20. The second kappa shape index (κ2) is 8.50. The monoisotopic (exact) mass is 296 g/mol. The van der Waals surface area contributed by atoms with Gasteiger partial charge in [0.05, 0.1) is 0 Å². The number of nitrogens with one attached hydrogen (secondary N) is 1. The predicted octanol–water partition coefficient (Wildman–Crippen LogP) is 3.04. The lowest BCUT2D eigenvalue weighted by Gasteiger charge is -2.31. The van der Waals surface area contributed by atoms with Crippen LogP contribution in [-0.4, -0.2) is 44.2 Å². The Labute approximate surface area is 127 Å². The van der Waals surface area contributed by atoms with E-state index in [2.05, 4.69) is 17.1 Å². The molecule has 112 valence electrons. The molecule has 1 N–H and O–H groups in total. The third-order valence-corrected chi connectivity index (χ3v) is 4.13. The summed E-state index contributed by atoms with van der Waals surface area (Å²) in [6.07, 6.45) is 2.60. The van der Waals surface area contributed by atoms with Gasteiger partial charge in [-0.25, -0.2) is 0 Å². The number of hydrogen-bond acceptors (Lipinski definition) is 3. The van der Waals surface area contributed by atoms with E-state index in [9.17, 15) is 0 Å². The maximum atomic E-state index is 5.85. The summed E-state index contributed by atoms with van der Waals surface area (Å²) in [5.41, 5.74) is 0. The molecule has 1 saturated heterocycles. The van der Waals surface area contributed by atoms with Crippen LogP contribution in [0.1, 0.15) is 19.8 Å². The van der Waals surface area contributed by atoms with Crippen LogP contribution in [0.5, 0.6) is 5.75 Å². The summed E-state index contributed by atoms with van der Waals surface area (Å²) in [6.45, 7) is 8.57. The minimum Gasteiger partial charge on any atom is -0.492 e. The Kier molecular flexibility index (Phi) is 6.64. The van der Waals surface area contributed by atoms with Gasteiger partial charge < -0.3 is 10.1 Å². The van der Waals surface area contributed by atoms with E-state index in [1.165, 1.54) is 32.5 Å². The molecule has 0 bridgehead atoms. The van der Waals surface area contributed by atoms with Crippen molar-refractivity contribution in [2.24, 2.45) is 5.92 Å². The summed E-state index contributed by atoms with van der Waals surface area (Å²) in [5.74, 6) is 1.75. The van der Waals surface area contributed by atoms with Crippen LogP contribution >= 0.6 is 11.6 Å². The van der Waals surface area contributed by atoms with Crippen LogP contribution in [0.3, 0.4) is 0 Å². The van der Waals surface area contributed by atoms with Gasteiger partial charge in [-0.2, -0.15) is 0 Å². The lowest BCUT2D eigenvalue weighted by Crippen LogP contribution is -2.39. The standard InChI is InChI=1S/C16H25ClN2O/c1-2-18-13-14-7-9-19(10-8-14)11-12-20-16-5-3-15(17)4-6-16/h3-6,14,18H,2,7-13H2,1H3. The smallest absolute Gasteiger partial charge is 0.119 e. The average Bonchev–Trinajstić information content (AvgIpc) is 2.48. The summed E-state index contributed by atoms with van der Waals surface area (Å²) < 4.78 is 5.74. The van der Waals surface area contributed by atoms with E-state index in [-0.39, 0.29) is 0 Å². The lowest BCUT2D eigenvalue weighted by molar-refractivity contribution is 0.154. The first kappa shape index (κ1) is 15.6. The summed E-state index contributed by atoms with van der Waals surface area (Å²) >= 11 is 5.85. The van der Waals surface area contributed by atoms with Crippen molar-refractivity contribution in [3.63, 3.8) is 0 Å². The number of halogens is 1. The second-order valence-corrected chi connectivity index (χ2v) is 5.83. The van der Waals surface area contributed by atoms with Gasteiger partial charge in [-0.1, -0.05) is 18.5 Å². The molecule has 0 amide bonds. The van der Waals surface area contributed by atoms with E-state index in [1.54, 1.807) is 0 Å². The Balaban J connectivity index is 1.60. The van der Waals surface area contributed by atoms with Crippen molar-refractivity contribution >= 4 is 11.6 Å². The van der Waals surface area contributed by atoms with Crippen molar-refractivity contribution in [2.45, 2.75) is 19.8 Å². The SMILES string of the molecule is CCNCC1CCN(CCOc2ccc(Cl)cc2)CC1. The lowest BCUT2D eigenvalue weighted by atomic mass is 9.97. The molecule has 0 radical (unpaired) electrons. The molecule has 1 aromatic carbocycles. The van der Waals surface area contributed by atoms with Crippen LogP contribution in [-0.2, 0) is 0 Å². The zero-order chi connectivity index (χ0) is 14.2. The van der Waals surface area contributed by atoms with Crippen molar-refractivity contribution in [2.75, 3.05) is 39.3 Å². The normalized spacial score (nSPS) is 17.3. The predicted molar refractivity (Wildman–Crippen MR) is 84.7 cm³/mol. The Morgan fingerprint density at radius 1 is 1.25 bits per heavy atom. The fraction of sp³-hybridized carbons (Fsp3) is 0.625. The molecule has 0 aromatic heterocycles. The number of rotatable bonds is 7. The number of ether oxygens (including phenoxy) is 1. The quantitative estimate of drug-likeness (QED) is 0.837. The highest BCUT2D eigenvalue weighted by Crippen LogP contribution is 2.17. The Bertz CT molecular complexity index is 375.